The zero-order valence-electron chi connectivity index (χ0n) is 19.0. The number of hydrogen-bond donors (Lipinski definition) is 2. The quantitative estimate of drug-likeness (QED) is 0.274. The number of nitrogens with one attached hydrogen (secondary N) is 1. The van der Waals surface area contributed by atoms with Gasteiger partial charge >= 0.3 is 5.97 Å². The van der Waals surface area contributed by atoms with Gasteiger partial charge in [-0.1, -0.05) is 30.3 Å². The van der Waals surface area contributed by atoms with Gasteiger partial charge in [-0.05, 0) is 74.6 Å². The first-order valence-corrected chi connectivity index (χ1v) is 11.1. The van der Waals surface area contributed by atoms with Crippen LogP contribution in [0.1, 0.15) is 41.8 Å². The Labute approximate surface area is 193 Å². The molecular formula is C26H29N3O4. The van der Waals surface area contributed by atoms with Crippen LogP contribution in [0.15, 0.2) is 66.7 Å². The molecule has 7 heteroatoms. The fourth-order valence-corrected chi connectivity index (χ4v) is 3.86. The largest absolute Gasteiger partial charge is 0.478 e. The second kappa shape index (κ2) is 11.1. The molecule has 3 aromatic carbocycles. The van der Waals surface area contributed by atoms with Crippen LogP contribution in [0.25, 0.3) is 0 Å². The topological polar surface area (TPSA) is 95.7 Å². The Balaban J connectivity index is 1.60. The van der Waals surface area contributed by atoms with E-state index in [4.69, 9.17) is 0 Å². The normalized spacial score (nSPS) is 10.6. The molecule has 0 amide bonds. The molecule has 0 aliphatic rings. The van der Waals surface area contributed by atoms with Gasteiger partial charge in [-0.15, -0.1) is 0 Å². The molecule has 0 bridgehead atoms. The maximum Gasteiger partial charge on any atom is 0.338 e. The third kappa shape index (κ3) is 6.10. The van der Waals surface area contributed by atoms with Gasteiger partial charge in [0.25, 0.3) is 5.69 Å². The van der Waals surface area contributed by atoms with Gasteiger partial charge in [0.2, 0.25) is 0 Å². The molecule has 0 saturated carbocycles. The molecule has 2 N–H and O–H groups in total. The van der Waals surface area contributed by atoms with E-state index in [1.54, 1.807) is 0 Å². The molecular weight excluding hydrogens is 418 g/mol. The van der Waals surface area contributed by atoms with Crippen LogP contribution in [0.3, 0.4) is 0 Å². The standard InChI is InChI=1S/C26H29N3O4/c1-3-28(4-2)22-17-13-20(14-18-22)8-5-7-19-11-15-21(16-12-19)27-25-23(26(30)31)9-6-10-24(25)29(32)33/h6,9-18,27H,3-5,7-8H2,1-2H3,(H,30,31). The fraction of sp³-hybridized carbons (Fsp3) is 0.269. The highest BCUT2D eigenvalue weighted by Crippen LogP contribution is 2.31. The fourth-order valence-electron chi connectivity index (χ4n) is 3.86. The van der Waals surface area contributed by atoms with E-state index >= 15 is 0 Å². The van der Waals surface area contributed by atoms with Crippen LogP contribution in [-0.2, 0) is 12.8 Å². The first kappa shape index (κ1) is 23.8. The highest BCUT2D eigenvalue weighted by atomic mass is 16.6. The number of carboxylic acids is 1. The summed E-state index contributed by atoms with van der Waals surface area (Å²) in [4.78, 5) is 24.6. The highest BCUT2D eigenvalue weighted by Gasteiger charge is 2.21. The monoisotopic (exact) mass is 447 g/mol. The zero-order valence-corrected chi connectivity index (χ0v) is 19.0. The van der Waals surface area contributed by atoms with Crippen LogP contribution < -0.4 is 10.2 Å². The molecule has 33 heavy (non-hydrogen) atoms. The molecule has 0 aliphatic carbocycles. The molecule has 0 aromatic heterocycles. The molecule has 7 nitrogen and oxygen atoms in total. The lowest BCUT2D eigenvalue weighted by molar-refractivity contribution is -0.383. The van der Waals surface area contributed by atoms with E-state index in [-0.39, 0.29) is 16.9 Å². The Morgan fingerprint density at radius 1 is 0.939 bits per heavy atom. The Hall–Kier alpha value is -3.87. The number of nitro groups is 1. The van der Waals surface area contributed by atoms with E-state index < -0.39 is 10.9 Å². The van der Waals surface area contributed by atoms with Crippen molar-refractivity contribution in [2.45, 2.75) is 33.1 Å². The summed E-state index contributed by atoms with van der Waals surface area (Å²) in [6, 6.07) is 20.3. The maximum absolute atomic E-state index is 11.5. The SMILES string of the molecule is CCN(CC)c1ccc(CCCc2ccc(Nc3c(C(=O)O)cccc3[N+](=O)[O-])cc2)cc1. The minimum absolute atomic E-state index is 0.0177. The number of hydrogen-bond acceptors (Lipinski definition) is 5. The summed E-state index contributed by atoms with van der Waals surface area (Å²) in [6.07, 6.45) is 2.89. The minimum atomic E-state index is -1.22. The second-order valence-corrected chi connectivity index (χ2v) is 7.78. The summed E-state index contributed by atoms with van der Waals surface area (Å²) in [6.45, 7) is 6.31. The smallest absolute Gasteiger partial charge is 0.338 e. The third-order valence-corrected chi connectivity index (χ3v) is 5.69. The molecule has 0 unspecified atom stereocenters. The van der Waals surface area contributed by atoms with E-state index in [1.165, 1.54) is 29.4 Å². The second-order valence-electron chi connectivity index (χ2n) is 7.78. The molecule has 0 aliphatic heterocycles. The van der Waals surface area contributed by atoms with Crippen molar-refractivity contribution in [3.8, 4) is 0 Å². The summed E-state index contributed by atoms with van der Waals surface area (Å²) >= 11 is 0. The van der Waals surface area contributed by atoms with Crippen LogP contribution in [0.4, 0.5) is 22.7 Å². The highest BCUT2D eigenvalue weighted by molar-refractivity contribution is 5.98. The number of nitro benzene ring substituents is 1. The first-order chi connectivity index (χ1) is 15.9. The van der Waals surface area contributed by atoms with Crippen molar-refractivity contribution < 1.29 is 14.8 Å². The number of aromatic carboxylic acids is 1. The predicted molar refractivity (Wildman–Crippen MR) is 132 cm³/mol. The minimum Gasteiger partial charge on any atom is -0.478 e. The molecule has 0 fully saturated rings. The van der Waals surface area contributed by atoms with Gasteiger partial charge in [-0.2, -0.15) is 0 Å². The van der Waals surface area contributed by atoms with Crippen LogP contribution in [-0.4, -0.2) is 29.1 Å². The lowest BCUT2D eigenvalue weighted by atomic mass is 10.0. The number of nitrogens with zero attached hydrogens (tertiary/aromatic N) is 2. The number of benzene rings is 3. The number of para-hydroxylation sites is 1. The third-order valence-electron chi connectivity index (χ3n) is 5.69. The van der Waals surface area contributed by atoms with E-state index in [0.717, 1.165) is 37.9 Å². The van der Waals surface area contributed by atoms with Gasteiger partial charge in [0.1, 0.15) is 5.69 Å². The molecule has 3 rings (SSSR count). The number of carbonyl (C=O) groups is 1. The number of rotatable bonds is 11. The summed E-state index contributed by atoms with van der Waals surface area (Å²) < 4.78 is 0. The summed E-state index contributed by atoms with van der Waals surface area (Å²) in [5.74, 6) is -1.22. The average Bonchev–Trinajstić information content (AvgIpc) is 2.82. The zero-order chi connectivity index (χ0) is 23.8. The van der Waals surface area contributed by atoms with Crippen molar-refractivity contribution in [3.05, 3.63) is 93.5 Å². The van der Waals surface area contributed by atoms with Gasteiger partial charge in [0, 0.05) is 30.5 Å². The summed E-state index contributed by atoms with van der Waals surface area (Å²) in [5, 5.41) is 23.6. The van der Waals surface area contributed by atoms with Crippen molar-refractivity contribution in [3.63, 3.8) is 0 Å². The van der Waals surface area contributed by atoms with Gasteiger partial charge in [0.05, 0.1) is 10.5 Å². The molecule has 3 aromatic rings. The average molecular weight is 448 g/mol. The number of anilines is 3. The Bertz CT molecular complexity index is 1060. The van der Waals surface area contributed by atoms with Crippen molar-refractivity contribution in [1.29, 1.82) is 0 Å². The van der Waals surface area contributed by atoms with E-state index in [9.17, 15) is 20.0 Å². The van der Waals surface area contributed by atoms with Gasteiger partial charge < -0.3 is 15.3 Å². The summed E-state index contributed by atoms with van der Waals surface area (Å²) in [5.41, 5.74) is 3.88. The van der Waals surface area contributed by atoms with Crippen LogP contribution in [0, 0.1) is 10.1 Å². The van der Waals surface area contributed by atoms with Crippen molar-refractivity contribution >= 4 is 28.7 Å². The first-order valence-electron chi connectivity index (χ1n) is 11.1. The van der Waals surface area contributed by atoms with Gasteiger partial charge in [-0.3, -0.25) is 10.1 Å². The van der Waals surface area contributed by atoms with E-state index in [1.807, 2.05) is 24.3 Å². The van der Waals surface area contributed by atoms with Crippen LogP contribution in [0.2, 0.25) is 0 Å². The van der Waals surface area contributed by atoms with Gasteiger partial charge in [-0.25, -0.2) is 4.79 Å². The number of carboxylic acid groups (broad SMARTS) is 1. The van der Waals surface area contributed by atoms with E-state index in [2.05, 4.69) is 48.3 Å². The molecule has 0 atom stereocenters. The van der Waals surface area contributed by atoms with Crippen molar-refractivity contribution in [2.24, 2.45) is 0 Å². The van der Waals surface area contributed by atoms with Gasteiger partial charge in [0.15, 0.2) is 0 Å². The lowest BCUT2D eigenvalue weighted by Gasteiger charge is -2.21. The molecule has 0 spiro atoms. The Morgan fingerprint density at radius 3 is 2.03 bits per heavy atom. The Kier molecular flexibility index (Phi) is 8.02. The van der Waals surface area contributed by atoms with Crippen LogP contribution in [0.5, 0.6) is 0 Å². The number of aryl methyl sites for hydroxylation is 2. The van der Waals surface area contributed by atoms with Crippen molar-refractivity contribution in [2.75, 3.05) is 23.3 Å². The Morgan fingerprint density at radius 2 is 1.52 bits per heavy atom. The molecule has 0 heterocycles. The molecule has 172 valence electrons. The molecule has 0 saturated heterocycles. The lowest BCUT2D eigenvalue weighted by Crippen LogP contribution is -2.21. The van der Waals surface area contributed by atoms with Crippen LogP contribution >= 0.6 is 0 Å². The maximum atomic E-state index is 11.5. The predicted octanol–water partition coefficient (Wildman–Crippen LogP) is 6.06. The molecule has 0 radical (unpaired) electrons. The van der Waals surface area contributed by atoms with Crippen molar-refractivity contribution in [1.82, 2.24) is 0 Å². The summed E-state index contributed by atoms with van der Waals surface area (Å²) in [7, 11) is 0. The van der Waals surface area contributed by atoms with E-state index in [0.29, 0.717) is 5.69 Å².